The molecule has 1 unspecified atom stereocenters. The van der Waals surface area contributed by atoms with Crippen LogP contribution in [0.5, 0.6) is 5.75 Å². The Morgan fingerprint density at radius 1 is 1.25 bits per heavy atom. The van der Waals surface area contributed by atoms with Crippen molar-refractivity contribution in [1.29, 1.82) is 0 Å². The molecular formula is C13H21NO2. The Bertz CT molecular complexity index is 300. The largest absolute Gasteiger partial charge is 0.491 e. The van der Waals surface area contributed by atoms with E-state index in [0.29, 0.717) is 13.2 Å². The predicted molar refractivity (Wildman–Crippen MR) is 65.8 cm³/mol. The fourth-order valence-electron chi connectivity index (χ4n) is 1.47. The number of hydrogen-bond acceptors (Lipinski definition) is 3. The zero-order chi connectivity index (χ0) is 11.8. The van der Waals surface area contributed by atoms with Crippen molar-refractivity contribution in [3.8, 4) is 5.75 Å². The van der Waals surface area contributed by atoms with Gasteiger partial charge in [-0.3, -0.25) is 0 Å². The second-order valence-electron chi connectivity index (χ2n) is 3.96. The fourth-order valence-corrected chi connectivity index (χ4v) is 1.47. The molecule has 1 aromatic rings. The molecule has 1 atom stereocenters. The van der Waals surface area contributed by atoms with Gasteiger partial charge in [0.2, 0.25) is 0 Å². The lowest BCUT2D eigenvalue weighted by molar-refractivity contribution is 0.145. The average molecular weight is 223 g/mol. The maximum absolute atomic E-state index is 5.75. The SMILES string of the molecule is COCCOc1ccccc1CCC(C)N. The van der Waals surface area contributed by atoms with E-state index in [0.717, 1.165) is 18.6 Å². The molecule has 0 heterocycles. The van der Waals surface area contributed by atoms with Crippen molar-refractivity contribution in [2.75, 3.05) is 20.3 Å². The summed E-state index contributed by atoms with van der Waals surface area (Å²) in [6.07, 6.45) is 1.94. The van der Waals surface area contributed by atoms with E-state index >= 15 is 0 Å². The second kappa shape index (κ2) is 7.25. The summed E-state index contributed by atoms with van der Waals surface area (Å²) in [4.78, 5) is 0. The Hall–Kier alpha value is -1.06. The van der Waals surface area contributed by atoms with E-state index in [9.17, 15) is 0 Å². The quantitative estimate of drug-likeness (QED) is 0.719. The summed E-state index contributed by atoms with van der Waals surface area (Å²) >= 11 is 0. The third-order valence-electron chi connectivity index (χ3n) is 2.39. The Morgan fingerprint density at radius 3 is 2.69 bits per heavy atom. The van der Waals surface area contributed by atoms with Crippen LogP contribution in [-0.4, -0.2) is 26.4 Å². The van der Waals surface area contributed by atoms with Crippen molar-refractivity contribution in [3.63, 3.8) is 0 Å². The molecule has 0 spiro atoms. The van der Waals surface area contributed by atoms with Gasteiger partial charge in [-0.25, -0.2) is 0 Å². The average Bonchev–Trinajstić information content (AvgIpc) is 2.28. The van der Waals surface area contributed by atoms with Crippen LogP contribution in [0, 0.1) is 0 Å². The summed E-state index contributed by atoms with van der Waals surface area (Å²) < 4.78 is 10.6. The van der Waals surface area contributed by atoms with Crippen LogP contribution in [0.1, 0.15) is 18.9 Å². The summed E-state index contributed by atoms with van der Waals surface area (Å²) in [5.41, 5.74) is 6.97. The van der Waals surface area contributed by atoms with Crippen LogP contribution in [0.3, 0.4) is 0 Å². The van der Waals surface area contributed by atoms with Crippen molar-refractivity contribution in [1.82, 2.24) is 0 Å². The fraction of sp³-hybridized carbons (Fsp3) is 0.538. The third kappa shape index (κ3) is 4.64. The number of aryl methyl sites for hydroxylation is 1. The predicted octanol–water partition coefficient (Wildman–Crippen LogP) is 1.99. The summed E-state index contributed by atoms with van der Waals surface area (Å²) in [5, 5.41) is 0. The van der Waals surface area contributed by atoms with Crippen LogP contribution in [-0.2, 0) is 11.2 Å². The first-order valence-electron chi connectivity index (χ1n) is 5.69. The molecule has 2 N–H and O–H groups in total. The monoisotopic (exact) mass is 223 g/mol. The van der Waals surface area contributed by atoms with Gasteiger partial charge in [-0.05, 0) is 31.4 Å². The molecule has 1 rings (SSSR count). The molecule has 0 saturated heterocycles. The highest BCUT2D eigenvalue weighted by Crippen LogP contribution is 2.19. The standard InChI is InChI=1S/C13H21NO2/c1-11(14)7-8-12-5-3-4-6-13(12)16-10-9-15-2/h3-6,11H,7-10,14H2,1-2H3. The van der Waals surface area contributed by atoms with Crippen molar-refractivity contribution >= 4 is 0 Å². The van der Waals surface area contributed by atoms with Gasteiger partial charge >= 0.3 is 0 Å². The molecule has 16 heavy (non-hydrogen) atoms. The molecule has 0 radical (unpaired) electrons. The molecule has 0 aromatic heterocycles. The lowest BCUT2D eigenvalue weighted by Crippen LogP contribution is -2.15. The summed E-state index contributed by atoms with van der Waals surface area (Å²) in [6.45, 7) is 3.22. The van der Waals surface area contributed by atoms with Gasteiger partial charge in [0.25, 0.3) is 0 Å². The molecule has 0 aliphatic heterocycles. The van der Waals surface area contributed by atoms with Crippen LogP contribution >= 0.6 is 0 Å². The molecule has 3 nitrogen and oxygen atoms in total. The van der Waals surface area contributed by atoms with Crippen LogP contribution in [0.2, 0.25) is 0 Å². The smallest absolute Gasteiger partial charge is 0.122 e. The highest BCUT2D eigenvalue weighted by atomic mass is 16.5. The van der Waals surface area contributed by atoms with E-state index in [1.807, 2.05) is 25.1 Å². The Kier molecular flexibility index (Phi) is 5.90. The lowest BCUT2D eigenvalue weighted by atomic mass is 10.1. The van der Waals surface area contributed by atoms with Gasteiger partial charge in [0, 0.05) is 13.2 Å². The first-order chi connectivity index (χ1) is 7.74. The van der Waals surface area contributed by atoms with E-state index in [1.54, 1.807) is 7.11 Å². The van der Waals surface area contributed by atoms with Gasteiger partial charge in [0.1, 0.15) is 12.4 Å². The Morgan fingerprint density at radius 2 is 2.00 bits per heavy atom. The molecule has 0 saturated carbocycles. The maximum Gasteiger partial charge on any atom is 0.122 e. The number of nitrogens with two attached hydrogens (primary N) is 1. The van der Waals surface area contributed by atoms with Crippen LogP contribution in [0.25, 0.3) is 0 Å². The van der Waals surface area contributed by atoms with Crippen molar-refractivity contribution in [2.24, 2.45) is 5.73 Å². The zero-order valence-corrected chi connectivity index (χ0v) is 10.1. The molecule has 0 bridgehead atoms. The highest BCUT2D eigenvalue weighted by molar-refractivity contribution is 5.33. The van der Waals surface area contributed by atoms with E-state index in [1.165, 1.54) is 5.56 Å². The minimum absolute atomic E-state index is 0.229. The summed E-state index contributed by atoms with van der Waals surface area (Å²) in [6, 6.07) is 8.32. The number of benzene rings is 1. The normalized spacial score (nSPS) is 12.4. The number of methoxy groups -OCH3 is 1. The van der Waals surface area contributed by atoms with Gasteiger partial charge in [0.05, 0.1) is 6.61 Å². The molecular weight excluding hydrogens is 202 g/mol. The minimum Gasteiger partial charge on any atom is -0.491 e. The number of para-hydroxylation sites is 1. The topological polar surface area (TPSA) is 44.5 Å². The van der Waals surface area contributed by atoms with E-state index < -0.39 is 0 Å². The molecule has 0 fully saturated rings. The number of hydrogen-bond donors (Lipinski definition) is 1. The third-order valence-corrected chi connectivity index (χ3v) is 2.39. The second-order valence-corrected chi connectivity index (χ2v) is 3.96. The van der Waals surface area contributed by atoms with Gasteiger partial charge < -0.3 is 15.2 Å². The number of rotatable bonds is 7. The van der Waals surface area contributed by atoms with Crippen LogP contribution < -0.4 is 10.5 Å². The van der Waals surface area contributed by atoms with E-state index in [2.05, 4.69) is 6.07 Å². The van der Waals surface area contributed by atoms with Crippen molar-refractivity contribution < 1.29 is 9.47 Å². The van der Waals surface area contributed by atoms with Crippen LogP contribution in [0.4, 0.5) is 0 Å². The molecule has 3 heteroatoms. The molecule has 0 amide bonds. The first-order valence-corrected chi connectivity index (χ1v) is 5.69. The van der Waals surface area contributed by atoms with Crippen LogP contribution in [0.15, 0.2) is 24.3 Å². The summed E-state index contributed by atoms with van der Waals surface area (Å²) in [7, 11) is 1.67. The molecule has 0 aliphatic carbocycles. The van der Waals surface area contributed by atoms with Gasteiger partial charge in [-0.1, -0.05) is 18.2 Å². The van der Waals surface area contributed by atoms with Gasteiger partial charge in [-0.2, -0.15) is 0 Å². The van der Waals surface area contributed by atoms with Crippen molar-refractivity contribution in [2.45, 2.75) is 25.8 Å². The Balaban J connectivity index is 2.53. The first kappa shape index (κ1) is 13.0. The minimum atomic E-state index is 0.229. The van der Waals surface area contributed by atoms with E-state index in [-0.39, 0.29) is 6.04 Å². The maximum atomic E-state index is 5.75. The highest BCUT2D eigenvalue weighted by Gasteiger charge is 2.04. The lowest BCUT2D eigenvalue weighted by Gasteiger charge is -2.12. The van der Waals surface area contributed by atoms with Gasteiger partial charge in [0.15, 0.2) is 0 Å². The molecule has 0 aliphatic rings. The molecule has 90 valence electrons. The zero-order valence-electron chi connectivity index (χ0n) is 10.1. The summed E-state index contributed by atoms with van der Waals surface area (Å²) in [5.74, 6) is 0.945. The Labute approximate surface area is 97.6 Å². The van der Waals surface area contributed by atoms with Crippen molar-refractivity contribution in [3.05, 3.63) is 29.8 Å². The molecule has 1 aromatic carbocycles. The number of ether oxygens (including phenoxy) is 2. The van der Waals surface area contributed by atoms with E-state index in [4.69, 9.17) is 15.2 Å². The van der Waals surface area contributed by atoms with Gasteiger partial charge in [-0.15, -0.1) is 0 Å².